The standard InChI is InChI=1S/C15H15F2N3O3/c1-9-18-19-12(22-9)8-13(21)20-7-3-5-10-4-2-6-11(14(10)20)23-15(16)17/h2,4,6,15H,3,5,7-8H2,1H3. The van der Waals surface area contributed by atoms with Crippen LogP contribution in [0.25, 0.3) is 0 Å². The maximum absolute atomic E-state index is 12.6. The first-order valence-corrected chi connectivity index (χ1v) is 7.20. The van der Waals surface area contributed by atoms with E-state index >= 15 is 0 Å². The number of fused-ring (bicyclic) bond motifs is 1. The van der Waals surface area contributed by atoms with Crippen LogP contribution in [0, 0.1) is 6.92 Å². The number of rotatable bonds is 4. The average Bonchev–Trinajstić information content (AvgIpc) is 2.91. The van der Waals surface area contributed by atoms with Crippen LogP contribution in [0.15, 0.2) is 22.6 Å². The molecule has 0 radical (unpaired) electrons. The summed E-state index contributed by atoms with van der Waals surface area (Å²) >= 11 is 0. The lowest BCUT2D eigenvalue weighted by Crippen LogP contribution is -2.37. The minimum atomic E-state index is -2.95. The minimum Gasteiger partial charge on any atom is -0.433 e. The number of anilines is 1. The van der Waals surface area contributed by atoms with Crippen LogP contribution >= 0.6 is 0 Å². The summed E-state index contributed by atoms with van der Waals surface area (Å²) < 4.78 is 35.0. The van der Waals surface area contributed by atoms with Crippen molar-refractivity contribution in [3.63, 3.8) is 0 Å². The molecule has 0 atom stereocenters. The van der Waals surface area contributed by atoms with Gasteiger partial charge in [0.2, 0.25) is 17.7 Å². The van der Waals surface area contributed by atoms with E-state index in [9.17, 15) is 13.6 Å². The number of nitrogens with zero attached hydrogens (tertiary/aromatic N) is 3. The van der Waals surface area contributed by atoms with Crippen LogP contribution < -0.4 is 9.64 Å². The fourth-order valence-electron chi connectivity index (χ4n) is 2.69. The quantitative estimate of drug-likeness (QED) is 0.865. The number of amides is 1. The molecule has 23 heavy (non-hydrogen) atoms. The largest absolute Gasteiger partial charge is 0.433 e. The molecule has 2 heterocycles. The molecule has 0 unspecified atom stereocenters. The Balaban J connectivity index is 1.89. The molecule has 122 valence electrons. The summed E-state index contributed by atoms with van der Waals surface area (Å²) in [5.74, 6) is 0.285. The Morgan fingerprint density at radius 3 is 2.96 bits per heavy atom. The molecular weight excluding hydrogens is 308 g/mol. The van der Waals surface area contributed by atoms with Crippen LogP contribution in [0.1, 0.15) is 23.8 Å². The predicted octanol–water partition coefficient (Wildman–Crippen LogP) is 2.50. The molecule has 1 aliphatic heterocycles. The van der Waals surface area contributed by atoms with Crippen molar-refractivity contribution in [2.24, 2.45) is 0 Å². The molecule has 2 aromatic rings. The van der Waals surface area contributed by atoms with Gasteiger partial charge in [0.25, 0.3) is 0 Å². The SMILES string of the molecule is Cc1nnc(CC(=O)N2CCCc3cccc(OC(F)F)c32)o1. The third-order valence-corrected chi connectivity index (χ3v) is 3.57. The Kier molecular flexibility index (Phi) is 4.22. The van der Waals surface area contributed by atoms with Crippen LogP contribution in [-0.2, 0) is 17.6 Å². The second-order valence-corrected chi connectivity index (χ2v) is 5.18. The zero-order valence-corrected chi connectivity index (χ0v) is 12.5. The van der Waals surface area contributed by atoms with Crippen LogP contribution in [0.3, 0.4) is 0 Å². The number of carbonyl (C=O) groups is 1. The van der Waals surface area contributed by atoms with E-state index < -0.39 is 6.61 Å². The normalized spacial score (nSPS) is 14.0. The zero-order valence-electron chi connectivity index (χ0n) is 12.5. The van der Waals surface area contributed by atoms with E-state index in [1.807, 2.05) is 6.07 Å². The first-order chi connectivity index (χ1) is 11.0. The van der Waals surface area contributed by atoms with Crippen molar-refractivity contribution in [2.75, 3.05) is 11.4 Å². The van der Waals surface area contributed by atoms with Crippen LogP contribution in [0.5, 0.6) is 5.75 Å². The van der Waals surface area contributed by atoms with Gasteiger partial charge in [0.15, 0.2) is 0 Å². The van der Waals surface area contributed by atoms with Crippen molar-refractivity contribution in [1.29, 1.82) is 0 Å². The molecule has 6 nitrogen and oxygen atoms in total. The number of ether oxygens (including phenoxy) is 1. The Morgan fingerprint density at radius 2 is 2.26 bits per heavy atom. The number of aryl methyl sites for hydroxylation is 2. The van der Waals surface area contributed by atoms with E-state index in [1.54, 1.807) is 13.0 Å². The number of hydrogen-bond donors (Lipinski definition) is 0. The summed E-state index contributed by atoms with van der Waals surface area (Å²) in [6, 6.07) is 4.89. The molecule has 0 fully saturated rings. The van der Waals surface area contributed by atoms with Crippen molar-refractivity contribution in [2.45, 2.75) is 32.8 Å². The fourth-order valence-corrected chi connectivity index (χ4v) is 2.69. The van der Waals surface area contributed by atoms with Gasteiger partial charge >= 0.3 is 6.61 Å². The molecule has 1 amide bonds. The second kappa shape index (κ2) is 6.31. The maximum atomic E-state index is 12.6. The van der Waals surface area contributed by atoms with Crippen LogP contribution in [0.4, 0.5) is 14.5 Å². The molecule has 0 saturated heterocycles. The average molecular weight is 323 g/mol. The first kappa shape index (κ1) is 15.4. The van der Waals surface area contributed by atoms with E-state index in [2.05, 4.69) is 14.9 Å². The minimum absolute atomic E-state index is 0.00672. The highest BCUT2D eigenvalue weighted by molar-refractivity contribution is 5.97. The molecule has 0 bridgehead atoms. The number of halogens is 2. The lowest BCUT2D eigenvalue weighted by molar-refractivity contribution is -0.118. The zero-order chi connectivity index (χ0) is 16.4. The van der Waals surface area contributed by atoms with Gasteiger partial charge in [0.05, 0.1) is 5.69 Å². The first-order valence-electron chi connectivity index (χ1n) is 7.20. The number of aromatic nitrogens is 2. The highest BCUT2D eigenvalue weighted by atomic mass is 19.3. The van der Waals surface area contributed by atoms with Crippen LogP contribution in [-0.4, -0.2) is 29.3 Å². The smallest absolute Gasteiger partial charge is 0.387 e. The molecule has 1 aromatic carbocycles. The summed E-state index contributed by atoms with van der Waals surface area (Å²) in [5, 5.41) is 7.47. The lowest BCUT2D eigenvalue weighted by atomic mass is 10.0. The van der Waals surface area contributed by atoms with Gasteiger partial charge in [-0.1, -0.05) is 12.1 Å². The molecule has 3 rings (SSSR count). The molecule has 1 aromatic heterocycles. The van der Waals surface area contributed by atoms with Gasteiger partial charge in [-0.2, -0.15) is 8.78 Å². The Morgan fingerprint density at radius 1 is 1.43 bits per heavy atom. The van der Waals surface area contributed by atoms with Gasteiger partial charge in [-0.3, -0.25) is 4.79 Å². The topological polar surface area (TPSA) is 68.5 Å². The third kappa shape index (κ3) is 3.30. The number of alkyl halides is 2. The number of benzene rings is 1. The molecule has 0 aliphatic carbocycles. The second-order valence-electron chi connectivity index (χ2n) is 5.18. The van der Waals surface area contributed by atoms with Gasteiger partial charge in [0.1, 0.15) is 12.2 Å². The van der Waals surface area contributed by atoms with Gasteiger partial charge in [0, 0.05) is 13.5 Å². The van der Waals surface area contributed by atoms with Gasteiger partial charge in [-0.15, -0.1) is 10.2 Å². The highest BCUT2D eigenvalue weighted by Crippen LogP contribution is 2.37. The summed E-state index contributed by atoms with van der Waals surface area (Å²) in [4.78, 5) is 14.0. The molecule has 1 aliphatic rings. The van der Waals surface area contributed by atoms with Crippen molar-refractivity contribution in [3.8, 4) is 5.75 Å². The van der Waals surface area contributed by atoms with Crippen molar-refractivity contribution >= 4 is 11.6 Å². The van der Waals surface area contributed by atoms with Crippen LogP contribution in [0.2, 0.25) is 0 Å². The third-order valence-electron chi connectivity index (χ3n) is 3.57. The van der Waals surface area contributed by atoms with Crippen molar-refractivity contribution < 1.29 is 22.7 Å². The molecule has 8 heteroatoms. The van der Waals surface area contributed by atoms with Crippen molar-refractivity contribution in [1.82, 2.24) is 10.2 Å². The molecule has 0 spiro atoms. The Hall–Kier alpha value is -2.51. The van der Waals surface area contributed by atoms with E-state index in [0.717, 1.165) is 12.0 Å². The number of para-hydroxylation sites is 1. The Labute approximate surface area is 131 Å². The Bertz CT molecular complexity index is 718. The van der Waals surface area contributed by atoms with E-state index in [-0.39, 0.29) is 24.0 Å². The molecule has 0 saturated carbocycles. The van der Waals surface area contributed by atoms with Gasteiger partial charge in [-0.25, -0.2) is 0 Å². The maximum Gasteiger partial charge on any atom is 0.387 e. The summed E-state index contributed by atoms with van der Waals surface area (Å²) in [6.07, 6.45) is 1.38. The summed E-state index contributed by atoms with van der Waals surface area (Å²) in [6.45, 7) is -0.882. The van der Waals surface area contributed by atoms with E-state index in [1.165, 1.54) is 11.0 Å². The van der Waals surface area contributed by atoms with E-state index in [4.69, 9.17) is 4.42 Å². The summed E-state index contributed by atoms with van der Waals surface area (Å²) in [7, 11) is 0. The highest BCUT2D eigenvalue weighted by Gasteiger charge is 2.28. The lowest BCUT2D eigenvalue weighted by Gasteiger charge is -2.30. The monoisotopic (exact) mass is 323 g/mol. The van der Waals surface area contributed by atoms with E-state index in [0.29, 0.717) is 24.5 Å². The van der Waals surface area contributed by atoms with Gasteiger partial charge < -0.3 is 14.1 Å². The number of hydrogen-bond acceptors (Lipinski definition) is 5. The van der Waals surface area contributed by atoms with Crippen molar-refractivity contribution in [3.05, 3.63) is 35.5 Å². The molecular formula is C15H15F2N3O3. The number of carbonyl (C=O) groups excluding carboxylic acids is 1. The molecule has 0 N–H and O–H groups in total. The van der Waals surface area contributed by atoms with Gasteiger partial charge in [-0.05, 0) is 24.5 Å². The predicted molar refractivity (Wildman–Crippen MR) is 76.5 cm³/mol. The fraction of sp³-hybridized carbons (Fsp3) is 0.400. The summed E-state index contributed by atoms with van der Waals surface area (Å²) in [5.41, 5.74) is 1.21.